The van der Waals surface area contributed by atoms with Crippen molar-refractivity contribution in [2.24, 2.45) is 0 Å². The van der Waals surface area contributed by atoms with E-state index in [0.29, 0.717) is 18.9 Å². The van der Waals surface area contributed by atoms with Crippen molar-refractivity contribution in [3.05, 3.63) is 59.9 Å². The highest BCUT2D eigenvalue weighted by Gasteiger charge is 2.07. The number of hydrogen-bond donors (Lipinski definition) is 3. The van der Waals surface area contributed by atoms with E-state index in [9.17, 15) is 4.79 Å². The monoisotopic (exact) mass is 365 g/mol. The van der Waals surface area contributed by atoms with E-state index < -0.39 is 0 Å². The summed E-state index contributed by atoms with van der Waals surface area (Å²) >= 11 is 0. The fourth-order valence-corrected chi connectivity index (χ4v) is 2.48. The van der Waals surface area contributed by atoms with Gasteiger partial charge in [-0.05, 0) is 32.9 Å². The number of anilines is 2. The number of rotatable bonds is 6. The predicted octanol–water partition coefficient (Wildman–Crippen LogP) is 2.82. The van der Waals surface area contributed by atoms with Gasteiger partial charge in [0.2, 0.25) is 0 Å². The smallest absolute Gasteiger partial charge is 0.319 e. The van der Waals surface area contributed by atoms with Crippen LogP contribution in [0.1, 0.15) is 17.0 Å². The van der Waals surface area contributed by atoms with Crippen LogP contribution in [0.25, 0.3) is 5.82 Å². The number of aryl methyl sites for hydroxylation is 2. The molecule has 1 aromatic carbocycles. The molecule has 140 valence electrons. The second kappa shape index (κ2) is 8.31. The zero-order chi connectivity index (χ0) is 19.2. The summed E-state index contributed by atoms with van der Waals surface area (Å²) in [6, 6.07) is 9.25. The third kappa shape index (κ3) is 4.81. The van der Waals surface area contributed by atoms with Crippen molar-refractivity contribution in [2.45, 2.75) is 20.8 Å². The van der Waals surface area contributed by atoms with E-state index in [0.717, 1.165) is 28.5 Å². The van der Waals surface area contributed by atoms with Gasteiger partial charge in [-0.2, -0.15) is 0 Å². The number of imidazole rings is 1. The molecule has 2 aromatic heterocycles. The van der Waals surface area contributed by atoms with Gasteiger partial charge in [0.05, 0.1) is 5.69 Å². The quantitative estimate of drug-likeness (QED) is 0.584. The lowest BCUT2D eigenvalue weighted by molar-refractivity contribution is 0.252. The standard InChI is InChI=1S/C19H23N7O/c1-13-4-6-16(7-5-13)25-19(27)21-9-8-20-17-10-18(23-11-22-17)26-12-24-14(2)15(26)3/h4-7,10-12H,8-9H2,1-3H3,(H,20,22,23)(H2,21,25,27). The minimum atomic E-state index is -0.242. The molecule has 3 N–H and O–H groups in total. The maximum atomic E-state index is 11.9. The maximum Gasteiger partial charge on any atom is 0.319 e. The van der Waals surface area contributed by atoms with Crippen molar-refractivity contribution in [1.29, 1.82) is 0 Å². The first-order valence-corrected chi connectivity index (χ1v) is 8.71. The Morgan fingerprint density at radius 2 is 1.81 bits per heavy atom. The van der Waals surface area contributed by atoms with Crippen LogP contribution in [0.15, 0.2) is 43.0 Å². The van der Waals surface area contributed by atoms with Crippen LogP contribution >= 0.6 is 0 Å². The van der Waals surface area contributed by atoms with Crippen LogP contribution in [0, 0.1) is 20.8 Å². The zero-order valence-corrected chi connectivity index (χ0v) is 15.7. The summed E-state index contributed by atoms with van der Waals surface area (Å²) in [4.78, 5) is 24.7. The molecule has 0 fully saturated rings. The Labute approximate surface area is 158 Å². The normalized spacial score (nSPS) is 10.5. The second-order valence-electron chi connectivity index (χ2n) is 6.22. The van der Waals surface area contributed by atoms with E-state index in [1.807, 2.05) is 55.7 Å². The molecule has 0 aliphatic rings. The Bertz CT molecular complexity index is 918. The molecular weight excluding hydrogens is 342 g/mol. The van der Waals surface area contributed by atoms with Crippen molar-refractivity contribution >= 4 is 17.5 Å². The van der Waals surface area contributed by atoms with Crippen molar-refractivity contribution in [3.63, 3.8) is 0 Å². The summed E-state index contributed by atoms with van der Waals surface area (Å²) in [5.74, 6) is 1.43. The van der Waals surface area contributed by atoms with E-state index in [2.05, 4.69) is 30.9 Å². The molecule has 8 nitrogen and oxygen atoms in total. The summed E-state index contributed by atoms with van der Waals surface area (Å²) in [5.41, 5.74) is 3.91. The van der Waals surface area contributed by atoms with Gasteiger partial charge >= 0.3 is 6.03 Å². The summed E-state index contributed by atoms with van der Waals surface area (Å²) in [6.45, 7) is 6.96. The number of carbonyl (C=O) groups excluding carboxylic acids is 1. The highest BCUT2D eigenvalue weighted by molar-refractivity contribution is 5.89. The number of urea groups is 1. The highest BCUT2D eigenvalue weighted by Crippen LogP contribution is 2.13. The first-order chi connectivity index (χ1) is 13.0. The van der Waals surface area contributed by atoms with E-state index in [1.165, 1.54) is 6.33 Å². The molecule has 0 radical (unpaired) electrons. The zero-order valence-electron chi connectivity index (χ0n) is 15.7. The molecule has 0 bridgehead atoms. The molecule has 0 spiro atoms. The molecule has 3 rings (SSSR count). The number of nitrogens with one attached hydrogen (secondary N) is 3. The highest BCUT2D eigenvalue weighted by atomic mass is 16.2. The van der Waals surface area contributed by atoms with Crippen LogP contribution in [-0.2, 0) is 0 Å². The van der Waals surface area contributed by atoms with Crippen LogP contribution < -0.4 is 16.0 Å². The topological polar surface area (TPSA) is 96.8 Å². The Morgan fingerprint density at radius 3 is 2.52 bits per heavy atom. The van der Waals surface area contributed by atoms with Crippen LogP contribution in [0.5, 0.6) is 0 Å². The van der Waals surface area contributed by atoms with Crippen LogP contribution in [0.2, 0.25) is 0 Å². The summed E-state index contributed by atoms with van der Waals surface area (Å²) in [5, 5.41) is 8.78. The Balaban J connectivity index is 1.48. The Kier molecular flexibility index (Phi) is 5.65. The minimum absolute atomic E-state index is 0.242. The molecule has 3 aromatic rings. The van der Waals surface area contributed by atoms with Gasteiger partial charge in [0, 0.05) is 30.5 Å². The van der Waals surface area contributed by atoms with E-state index in [4.69, 9.17) is 0 Å². The summed E-state index contributed by atoms with van der Waals surface area (Å²) < 4.78 is 1.91. The number of hydrogen-bond acceptors (Lipinski definition) is 5. The molecule has 0 aliphatic carbocycles. The molecule has 2 heterocycles. The van der Waals surface area contributed by atoms with Gasteiger partial charge in [0.25, 0.3) is 0 Å². The minimum Gasteiger partial charge on any atom is -0.368 e. The van der Waals surface area contributed by atoms with Gasteiger partial charge in [-0.1, -0.05) is 17.7 Å². The molecule has 0 atom stereocenters. The lowest BCUT2D eigenvalue weighted by Crippen LogP contribution is -2.32. The van der Waals surface area contributed by atoms with Crippen molar-refractivity contribution in [3.8, 4) is 5.82 Å². The first kappa shape index (κ1) is 18.4. The lowest BCUT2D eigenvalue weighted by Gasteiger charge is -2.10. The average molecular weight is 365 g/mol. The maximum absolute atomic E-state index is 11.9. The molecule has 0 aliphatic heterocycles. The van der Waals surface area contributed by atoms with Crippen LogP contribution in [0.4, 0.5) is 16.3 Å². The summed E-state index contributed by atoms with van der Waals surface area (Å²) in [7, 11) is 0. The van der Waals surface area contributed by atoms with Crippen molar-refractivity contribution < 1.29 is 4.79 Å². The average Bonchev–Trinajstić information content (AvgIpc) is 3.00. The molecule has 0 saturated carbocycles. The van der Waals surface area contributed by atoms with E-state index in [1.54, 1.807) is 6.33 Å². The molecule has 8 heteroatoms. The summed E-state index contributed by atoms with van der Waals surface area (Å²) in [6.07, 6.45) is 3.25. The number of nitrogens with zero attached hydrogens (tertiary/aromatic N) is 4. The predicted molar refractivity (Wildman–Crippen MR) is 105 cm³/mol. The first-order valence-electron chi connectivity index (χ1n) is 8.71. The van der Waals surface area contributed by atoms with Crippen molar-refractivity contribution in [2.75, 3.05) is 23.7 Å². The Hall–Kier alpha value is -3.42. The number of benzene rings is 1. The van der Waals surface area contributed by atoms with Gasteiger partial charge in [-0.3, -0.25) is 4.57 Å². The van der Waals surface area contributed by atoms with Gasteiger partial charge in [-0.15, -0.1) is 0 Å². The third-order valence-corrected chi connectivity index (χ3v) is 4.18. The number of amides is 2. The van der Waals surface area contributed by atoms with Gasteiger partial charge < -0.3 is 16.0 Å². The largest absolute Gasteiger partial charge is 0.368 e. The fourth-order valence-electron chi connectivity index (χ4n) is 2.48. The fraction of sp³-hybridized carbons (Fsp3) is 0.263. The van der Waals surface area contributed by atoms with Crippen molar-refractivity contribution in [1.82, 2.24) is 24.8 Å². The third-order valence-electron chi connectivity index (χ3n) is 4.18. The molecule has 2 amide bonds. The van der Waals surface area contributed by atoms with Gasteiger partial charge in [-0.25, -0.2) is 19.7 Å². The number of aromatic nitrogens is 4. The SMILES string of the molecule is Cc1ccc(NC(=O)NCCNc2cc(-n3cnc(C)c3C)ncn2)cc1. The van der Waals surface area contributed by atoms with E-state index >= 15 is 0 Å². The molecule has 27 heavy (non-hydrogen) atoms. The molecule has 0 unspecified atom stereocenters. The molecule has 0 saturated heterocycles. The van der Waals surface area contributed by atoms with Gasteiger partial charge in [0.15, 0.2) is 0 Å². The Morgan fingerprint density at radius 1 is 1.04 bits per heavy atom. The second-order valence-corrected chi connectivity index (χ2v) is 6.22. The van der Waals surface area contributed by atoms with E-state index in [-0.39, 0.29) is 6.03 Å². The number of carbonyl (C=O) groups is 1. The molecular formula is C19H23N7O. The van der Waals surface area contributed by atoms with Crippen LogP contribution in [0.3, 0.4) is 0 Å². The van der Waals surface area contributed by atoms with Crippen LogP contribution in [-0.4, -0.2) is 38.6 Å². The lowest BCUT2D eigenvalue weighted by atomic mass is 10.2. The van der Waals surface area contributed by atoms with Gasteiger partial charge in [0.1, 0.15) is 24.3 Å².